The quantitative estimate of drug-likeness (QED) is 0.747. The lowest BCUT2D eigenvalue weighted by atomic mass is 10.1. The number of alkyl halides is 1. The molecule has 0 N–H and O–H groups in total. The van der Waals surface area contributed by atoms with Gasteiger partial charge in [-0.15, -0.1) is 0 Å². The Labute approximate surface area is 115 Å². The minimum absolute atomic E-state index is 0.245. The van der Waals surface area contributed by atoms with Gasteiger partial charge < -0.3 is 0 Å². The van der Waals surface area contributed by atoms with E-state index in [0.717, 1.165) is 17.1 Å². The van der Waals surface area contributed by atoms with E-state index in [-0.39, 0.29) is 4.83 Å². The SMILES string of the molecule is Cc1cccnc1CC(Br)c1cccc(Cl)c1. The van der Waals surface area contributed by atoms with Gasteiger partial charge in [-0.1, -0.05) is 45.7 Å². The Morgan fingerprint density at radius 2 is 2.12 bits per heavy atom. The Morgan fingerprint density at radius 3 is 2.82 bits per heavy atom. The fraction of sp³-hybridized carbons (Fsp3) is 0.214. The minimum Gasteiger partial charge on any atom is -0.261 e. The lowest BCUT2D eigenvalue weighted by Crippen LogP contribution is -1.99. The molecule has 1 atom stereocenters. The van der Waals surface area contributed by atoms with Crippen LogP contribution in [-0.2, 0) is 6.42 Å². The first-order valence-corrected chi connectivity index (χ1v) is 6.76. The van der Waals surface area contributed by atoms with Crippen molar-refractivity contribution in [1.82, 2.24) is 4.98 Å². The molecule has 2 rings (SSSR count). The van der Waals surface area contributed by atoms with Crippen LogP contribution in [0.5, 0.6) is 0 Å². The summed E-state index contributed by atoms with van der Waals surface area (Å²) in [4.78, 5) is 4.65. The smallest absolute Gasteiger partial charge is 0.0451 e. The second-order valence-corrected chi connectivity index (χ2v) is 5.54. The maximum Gasteiger partial charge on any atom is 0.0451 e. The molecule has 0 amide bonds. The van der Waals surface area contributed by atoms with Crippen LogP contribution in [-0.4, -0.2) is 4.98 Å². The largest absolute Gasteiger partial charge is 0.261 e. The molecule has 1 aromatic carbocycles. The molecule has 1 unspecified atom stereocenters. The highest BCUT2D eigenvalue weighted by Crippen LogP contribution is 2.28. The zero-order valence-electron chi connectivity index (χ0n) is 9.53. The van der Waals surface area contributed by atoms with Gasteiger partial charge in [0.2, 0.25) is 0 Å². The van der Waals surface area contributed by atoms with Crippen LogP contribution in [0.25, 0.3) is 0 Å². The summed E-state index contributed by atoms with van der Waals surface area (Å²) in [7, 11) is 0. The van der Waals surface area contributed by atoms with Crippen LogP contribution in [0.4, 0.5) is 0 Å². The first-order chi connectivity index (χ1) is 8.16. The Morgan fingerprint density at radius 1 is 1.29 bits per heavy atom. The van der Waals surface area contributed by atoms with Gasteiger partial charge in [0.1, 0.15) is 0 Å². The number of nitrogens with zero attached hydrogens (tertiary/aromatic N) is 1. The third kappa shape index (κ3) is 3.30. The molecule has 1 nitrogen and oxygen atoms in total. The molecule has 0 aliphatic rings. The molecule has 17 heavy (non-hydrogen) atoms. The summed E-state index contributed by atoms with van der Waals surface area (Å²) in [5, 5.41) is 0.768. The zero-order chi connectivity index (χ0) is 12.3. The lowest BCUT2D eigenvalue weighted by Gasteiger charge is -2.11. The van der Waals surface area contributed by atoms with Crippen molar-refractivity contribution in [1.29, 1.82) is 0 Å². The van der Waals surface area contributed by atoms with Crippen molar-refractivity contribution >= 4 is 27.5 Å². The summed E-state index contributed by atoms with van der Waals surface area (Å²) in [6.07, 6.45) is 2.70. The summed E-state index contributed by atoms with van der Waals surface area (Å²) >= 11 is 9.68. The topological polar surface area (TPSA) is 12.9 Å². The number of hydrogen-bond acceptors (Lipinski definition) is 1. The van der Waals surface area contributed by atoms with Crippen molar-refractivity contribution in [2.45, 2.75) is 18.2 Å². The van der Waals surface area contributed by atoms with Crippen molar-refractivity contribution in [3.8, 4) is 0 Å². The van der Waals surface area contributed by atoms with Crippen LogP contribution >= 0.6 is 27.5 Å². The van der Waals surface area contributed by atoms with Crippen LogP contribution in [0.3, 0.4) is 0 Å². The maximum absolute atomic E-state index is 5.99. The number of aromatic nitrogens is 1. The molecule has 0 bridgehead atoms. The van der Waals surface area contributed by atoms with E-state index in [1.807, 2.05) is 30.5 Å². The lowest BCUT2D eigenvalue weighted by molar-refractivity contribution is 0.892. The Kier molecular flexibility index (Phi) is 4.19. The van der Waals surface area contributed by atoms with Crippen molar-refractivity contribution in [3.63, 3.8) is 0 Å². The zero-order valence-corrected chi connectivity index (χ0v) is 11.9. The Bertz CT molecular complexity index is 513. The van der Waals surface area contributed by atoms with Gasteiger partial charge in [-0.25, -0.2) is 0 Å². The van der Waals surface area contributed by atoms with Crippen LogP contribution in [0.15, 0.2) is 42.6 Å². The van der Waals surface area contributed by atoms with Gasteiger partial charge in [0.15, 0.2) is 0 Å². The van der Waals surface area contributed by atoms with Gasteiger partial charge in [0, 0.05) is 28.2 Å². The predicted molar refractivity (Wildman–Crippen MR) is 75.8 cm³/mol. The van der Waals surface area contributed by atoms with Crippen molar-refractivity contribution in [2.24, 2.45) is 0 Å². The molecule has 0 saturated heterocycles. The molecular formula is C14H13BrClN. The average molecular weight is 311 g/mol. The molecule has 0 fully saturated rings. The number of hydrogen-bond donors (Lipinski definition) is 0. The van der Waals surface area contributed by atoms with Gasteiger partial charge in [-0.05, 0) is 36.2 Å². The number of rotatable bonds is 3. The standard InChI is InChI=1S/C14H13BrClN/c1-10-4-3-7-17-14(10)9-13(15)11-5-2-6-12(16)8-11/h2-8,13H,9H2,1H3. The van der Waals surface area contributed by atoms with E-state index in [0.29, 0.717) is 0 Å². The molecule has 3 heteroatoms. The monoisotopic (exact) mass is 309 g/mol. The van der Waals surface area contributed by atoms with E-state index in [1.165, 1.54) is 11.1 Å². The molecule has 0 aliphatic carbocycles. The average Bonchev–Trinajstić information content (AvgIpc) is 2.32. The first kappa shape index (κ1) is 12.6. The van der Waals surface area contributed by atoms with Crippen LogP contribution in [0, 0.1) is 6.92 Å². The van der Waals surface area contributed by atoms with Gasteiger partial charge in [-0.2, -0.15) is 0 Å². The molecule has 0 saturated carbocycles. The van der Waals surface area contributed by atoms with Gasteiger partial charge in [0.25, 0.3) is 0 Å². The normalized spacial score (nSPS) is 12.4. The predicted octanol–water partition coefficient (Wildman–Crippen LogP) is 4.72. The van der Waals surface area contributed by atoms with Gasteiger partial charge >= 0.3 is 0 Å². The van der Waals surface area contributed by atoms with Gasteiger partial charge in [0.05, 0.1) is 0 Å². The maximum atomic E-state index is 5.99. The molecule has 1 aromatic heterocycles. The van der Waals surface area contributed by atoms with E-state index in [9.17, 15) is 0 Å². The Balaban J connectivity index is 2.17. The first-order valence-electron chi connectivity index (χ1n) is 5.47. The second-order valence-electron chi connectivity index (χ2n) is 3.99. The van der Waals surface area contributed by atoms with Crippen molar-refractivity contribution in [3.05, 3.63) is 64.4 Å². The number of halogens is 2. The minimum atomic E-state index is 0.245. The highest BCUT2D eigenvalue weighted by Gasteiger charge is 2.11. The number of pyridine rings is 1. The van der Waals surface area contributed by atoms with Crippen LogP contribution in [0.1, 0.15) is 21.6 Å². The summed E-state index contributed by atoms with van der Waals surface area (Å²) in [5.74, 6) is 0. The molecule has 0 spiro atoms. The van der Waals surface area contributed by atoms with Crippen LogP contribution < -0.4 is 0 Å². The molecule has 0 radical (unpaired) electrons. The third-order valence-corrected chi connectivity index (χ3v) is 3.79. The van der Waals surface area contributed by atoms with Crippen LogP contribution in [0.2, 0.25) is 5.02 Å². The molecule has 2 aromatic rings. The molecule has 0 aliphatic heterocycles. The highest BCUT2D eigenvalue weighted by atomic mass is 79.9. The third-order valence-electron chi connectivity index (χ3n) is 2.70. The Hall–Kier alpha value is -0.860. The van der Waals surface area contributed by atoms with Gasteiger partial charge in [-0.3, -0.25) is 4.98 Å². The summed E-state index contributed by atoms with van der Waals surface area (Å²) < 4.78 is 0. The van der Waals surface area contributed by atoms with E-state index in [4.69, 9.17) is 11.6 Å². The molecule has 88 valence electrons. The second kappa shape index (κ2) is 5.65. The number of aryl methyl sites for hydroxylation is 1. The summed E-state index contributed by atoms with van der Waals surface area (Å²) in [5.41, 5.74) is 3.52. The molecular weight excluding hydrogens is 298 g/mol. The van der Waals surface area contributed by atoms with E-state index < -0.39 is 0 Å². The summed E-state index contributed by atoms with van der Waals surface area (Å²) in [6.45, 7) is 2.08. The number of benzene rings is 1. The van der Waals surface area contributed by atoms with E-state index >= 15 is 0 Å². The fourth-order valence-electron chi connectivity index (χ4n) is 1.72. The fourth-order valence-corrected chi connectivity index (χ4v) is 2.51. The molecule has 1 heterocycles. The van der Waals surface area contributed by atoms with E-state index in [2.05, 4.69) is 40.0 Å². The van der Waals surface area contributed by atoms with E-state index in [1.54, 1.807) is 0 Å². The van der Waals surface area contributed by atoms with Crippen molar-refractivity contribution in [2.75, 3.05) is 0 Å². The van der Waals surface area contributed by atoms with Crippen molar-refractivity contribution < 1.29 is 0 Å². The highest BCUT2D eigenvalue weighted by molar-refractivity contribution is 9.09. The summed E-state index contributed by atoms with van der Waals surface area (Å²) in [6, 6.07) is 12.0.